The van der Waals surface area contributed by atoms with Crippen molar-refractivity contribution in [3.8, 4) is 5.69 Å². The molecule has 0 N–H and O–H groups in total. The van der Waals surface area contributed by atoms with Crippen LogP contribution in [0.4, 0.5) is 5.69 Å². The Bertz CT molecular complexity index is 1140. The maximum absolute atomic E-state index is 13.2. The monoisotopic (exact) mass is 405 g/mol. The number of pyridine rings is 1. The zero-order chi connectivity index (χ0) is 21.1. The molecule has 2 heterocycles. The molecule has 3 aromatic rings. The second-order valence-corrected chi connectivity index (χ2v) is 7.61. The Balaban J connectivity index is 1.64. The third-order valence-electron chi connectivity index (χ3n) is 5.35. The quantitative estimate of drug-likeness (QED) is 0.487. The van der Waals surface area contributed by atoms with Crippen LogP contribution in [0, 0.1) is 17.0 Å². The van der Waals surface area contributed by atoms with Gasteiger partial charge in [0.25, 0.3) is 11.6 Å². The van der Waals surface area contributed by atoms with Gasteiger partial charge in [-0.25, -0.2) is 4.68 Å². The molecule has 1 fully saturated rings. The van der Waals surface area contributed by atoms with Crippen molar-refractivity contribution in [2.45, 2.75) is 45.1 Å². The molecule has 1 saturated carbocycles. The Labute approximate surface area is 173 Å². The van der Waals surface area contributed by atoms with Crippen LogP contribution in [0.2, 0.25) is 0 Å². The summed E-state index contributed by atoms with van der Waals surface area (Å²) in [6, 6.07) is 10.1. The number of aryl methyl sites for hydroxylation is 1. The van der Waals surface area contributed by atoms with E-state index in [9.17, 15) is 14.9 Å². The lowest BCUT2D eigenvalue weighted by atomic mass is 9.96. The van der Waals surface area contributed by atoms with Gasteiger partial charge in [-0.3, -0.25) is 24.5 Å². The predicted octanol–water partition coefficient (Wildman–Crippen LogP) is 3.81. The number of carbonyl (C=O) groups is 1. The molecule has 4 rings (SSSR count). The van der Waals surface area contributed by atoms with E-state index in [1.165, 1.54) is 42.3 Å². The number of benzene rings is 1. The molecular formula is C22H23N5O3. The highest BCUT2D eigenvalue weighted by atomic mass is 16.6. The molecule has 2 aromatic heterocycles. The zero-order valence-electron chi connectivity index (χ0n) is 16.8. The van der Waals surface area contributed by atoms with E-state index >= 15 is 0 Å². The fraction of sp³-hybridized carbons (Fsp3) is 0.318. The number of carbonyl (C=O) groups excluding carboxylic acids is 1. The number of hydrogen-bond donors (Lipinski definition) is 0. The highest BCUT2D eigenvalue weighted by Crippen LogP contribution is 2.20. The van der Waals surface area contributed by atoms with Crippen molar-refractivity contribution >= 4 is 11.6 Å². The first-order valence-electron chi connectivity index (χ1n) is 10.1. The lowest BCUT2D eigenvalue weighted by molar-refractivity contribution is -0.384. The lowest BCUT2D eigenvalue weighted by Crippen LogP contribution is -2.29. The Morgan fingerprint density at radius 3 is 2.60 bits per heavy atom. The molecule has 8 nitrogen and oxygen atoms in total. The number of nitrogens with zero attached hydrogens (tertiary/aromatic N) is 5. The summed E-state index contributed by atoms with van der Waals surface area (Å²) in [4.78, 5) is 28.4. The molecule has 1 aromatic carbocycles. The van der Waals surface area contributed by atoms with Crippen LogP contribution in [0.1, 0.15) is 48.0 Å². The van der Waals surface area contributed by atoms with Crippen molar-refractivity contribution in [1.29, 1.82) is 0 Å². The van der Waals surface area contributed by atoms with Crippen LogP contribution in [-0.2, 0) is 0 Å². The van der Waals surface area contributed by atoms with Gasteiger partial charge in [0.15, 0.2) is 0 Å². The van der Waals surface area contributed by atoms with Crippen molar-refractivity contribution in [3.05, 3.63) is 81.7 Å². The second-order valence-electron chi connectivity index (χ2n) is 7.61. The Morgan fingerprint density at radius 1 is 1.17 bits per heavy atom. The summed E-state index contributed by atoms with van der Waals surface area (Å²) in [5.74, 6) is -0.210. The standard InChI is InChI=1S/C22H23N5O3/c1-16-11-12-25(21(13-16)24-18-5-3-2-4-6-18)22(28)17-14-23-26(15-17)19-7-9-20(10-8-19)27(29)30/h7-15,18H,2-6H2,1H3. The molecule has 0 saturated heterocycles. The van der Waals surface area contributed by atoms with E-state index < -0.39 is 4.92 Å². The number of non-ortho nitro benzene ring substituents is 1. The Morgan fingerprint density at radius 2 is 1.90 bits per heavy atom. The average molecular weight is 405 g/mol. The van der Waals surface area contributed by atoms with Gasteiger partial charge in [-0.15, -0.1) is 0 Å². The van der Waals surface area contributed by atoms with Crippen LogP contribution in [0.15, 0.2) is 60.0 Å². The van der Waals surface area contributed by atoms with Gasteiger partial charge >= 0.3 is 0 Å². The van der Waals surface area contributed by atoms with Gasteiger partial charge in [0.05, 0.1) is 28.4 Å². The predicted molar refractivity (Wildman–Crippen MR) is 112 cm³/mol. The maximum atomic E-state index is 13.2. The number of nitro benzene ring substituents is 1. The van der Waals surface area contributed by atoms with Gasteiger partial charge in [0.1, 0.15) is 5.49 Å². The lowest BCUT2D eigenvalue weighted by Gasteiger charge is -2.18. The molecule has 1 aliphatic carbocycles. The summed E-state index contributed by atoms with van der Waals surface area (Å²) < 4.78 is 3.10. The van der Waals surface area contributed by atoms with Crippen molar-refractivity contribution in [3.63, 3.8) is 0 Å². The average Bonchev–Trinajstić information content (AvgIpc) is 3.24. The highest BCUT2D eigenvalue weighted by Gasteiger charge is 2.16. The first-order valence-corrected chi connectivity index (χ1v) is 10.1. The topological polar surface area (TPSA) is 95.3 Å². The van der Waals surface area contributed by atoms with Crippen molar-refractivity contribution < 1.29 is 9.72 Å². The van der Waals surface area contributed by atoms with Gasteiger partial charge in [-0.2, -0.15) is 5.10 Å². The van der Waals surface area contributed by atoms with Crippen LogP contribution < -0.4 is 5.49 Å². The van der Waals surface area contributed by atoms with E-state index in [1.54, 1.807) is 29.1 Å². The van der Waals surface area contributed by atoms with Crippen molar-refractivity contribution in [2.24, 2.45) is 4.99 Å². The summed E-state index contributed by atoms with van der Waals surface area (Å²) >= 11 is 0. The van der Waals surface area contributed by atoms with E-state index in [1.807, 2.05) is 19.1 Å². The number of nitro groups is 1. The van der Waals surface area contributed by atoms with Crippen LogP contribution in [-0.4, -0.2) is 31.2 Å². The minimum absolute atomic E-state index is 0.00591. The molecule has 154 valence electrons. The fourth-order valence-electron chi connectivity index (χ4n) is 3.70. The first-order chi connectivity index (χ1) is 14.5. The van der Waals surface area contributed by atoms with E-state index in [0.29, 0.717) is 16.7 Å². The van der Waals surface area contributed by atoms with Crippen molar-refractivity contribution in [1.82, 2.24) is 14.3 Å². The third kappa shape index (κ3) is 4.22. The van der Waals surface area contributed by atoms with Gasteiger partial charge < -0.3 is 0 Å². The molecule has 30 heavy (non-hydrogen) atoms. The summed E-state index contributed by atoms with van der Waals surface area (Å²) in [6.45, 7) is 1.99. The largest absolute Gasteiger partial charge is 0.269 e. The van der Waals surface area contributed by atoms with E-state index in [4.69, 9.17) is 4.99 Å². The molecule has 8 heteroatoms. The summed E-state index contributed by atoms with van der Waals surface area (Å²) in [5.41, 5.74) is 2.78. The molecule has 0 unspecified atom stereocenters. The molecule has 0 bridgehead atoms. The molecule has 0 spiro atoms. The SMILES string of the molecule is Cc1ccn(C(=O)c2cnn(-c3ccc([N+](=O)[O-])cc3)c2)c(=NC2CCCCC2)c1. The summed E-state index contributed by atoms with van der Waals surface area (Å²) in [6.07, 6.45) is 10.6. The number of rotatable bonds is 4. The minimum Gasteiger partial charge on any atom is -0.268 e. The Hall–Kier alpha value is -3.55. The maximum Gasteiger partial charge on any atom is 0.269 e. The highest BCUT2D eigenvalue weighted by molar-refractivity contribution is 5.95. The summed E-state index contributed by atoms with van der Waals surface area (Å²) in [5, 5.41) is 15.1. The smallest absolute Gasteiger partial charge is 0.268 e. The normalized spacial score (nSPS) is 15.3. The molecule has 0 atom stereocenters. The van der Waals surface area contributed by atoms with Gasteiger partial charge in [0.2, 0.25) is 0 Å². The second kappa shape index (κ2) is 8.44. The van der Waals surface area contributed by atoms with Crippen LogP contribution >= 0.6 is 0 Å². The zero-order valence-corrected chi connectivity index (χ0v) is 16.8. The van der Waals surface area contributed by atoms with Crippen molar-refractivity contribution in [2.75, 3.05) is 0 Å². The van der Waals surface area contributed by atoms with Gasteiger partial charge in [-0.1, -0.05) is 19.3 Å². The first kappa shape index (κ1) is 19.8. The van der Waals surface area contributed by atoms with E-state index in [-0.39, 0.29) is 17.6 Å². The minimum atomic E-state index is -0.451. The van der Waals surface area contributed by atoms with Gasteiger partial charge in [0, 0.05) is 24.5 Å². The molecular weight excluding hydrogens is 382 g/mol. The third-order valence-corrected chi connectivity index (χ3v) is 5.35. The van der Waals surface area contributed by atoms with Crippen LogP contribution in [0.3, 0.4) is 0 Å². The number of hydrogen-bond acceptors (Lipinski definition) is 5. The van der Waals surface area contributed by atoms with E-state index in [0.717, 1.165) is 18.4 Å². The fourth-order valence-corrected chi connectivity index (χ4v) is 3.70. The molecule has 0 amide bonds. The molecule has 1 aliphatic rings. The van der Waals surface area contributed by atoms with Crippen LogP contribution in [0.5, 0.6) is 0 Å². The molecule has 0 aliphatic heterocycles. The van der Waals surface area contributed by atoms with E-state index in [2.05, 4.69) is 5.10 Å². The van der Waals surface area contributed by atoms with Gasteiger partial charge in [-0.05, 0) is 49.6 Å². The molecule has 0 radical (unpaired) electrons. The Kier molecular flexibility index (Phi) is 5.56. The number of aromatic nitrogens is 3. The van der Waals surface area contributed by atoms with Crippen LogP contribution in [0.25, 0.3) is 5.69 Å². The summed E-state index contributed by atoms with van der Waals surface area (Å²) in [7, 11) is 0.